The van der Waals surface area contributed by atoms with Crippen LogP contribution in [0.1, 0.15) is 30.9 Å². The Morgan fingerprint density at radius 1 is 1.00 bits per heavy atom. The molecule has 6 heteroatoms. The molecular weight excluding hydrogens is 370 g/mol. The van der Waals surface area contributed by atoms with Gasteiger partial charge in [-0.15, -0.1) is 0 Å². The van der Waals surface area contributed by atoms with Gasteiger partial charge >= 0.3 is 0 Å². The number of likely N-dealkylation sites (tertiary alicyclic amines) is 1. The predicted molar refractivity (Wildman–Crippen MR) is 118 cm³/mol. The van der Waals surface area contributed by atoms with Gasteiger partial charge in [-0.3, -0.25) is 4.90 Å². The molecule has 1 unspecified atom stereocenters. The van der Waals surface area contributed by atoms with Crippen LogP contribution in [0.4, 0.5) is 5.69 Å². The zero-order valence-corrected chi connectivity index (χ0v) is 17.4. The fraction of sp³-hybridized carbons (Fsp3) is 0.409. The first-order valence-corrected chi connectivity index (χ1v) is 10.2. The Kier molecular flexibility index (Phi) is 7.51. The van der Waals surface area contributed by atoms with E-state index in [9.17, 15) is 0 Å². The summed E-state index contributed by atoms with van der Waals surface area (Å²) in [7, 11) is 3.36. The highest BCUT2D eigenvalue weighted by Gasteiger charge is 2.22. The molecule has 0 aromatic heterocycles. The molecule has 1 aliphatic rings. The van der Waals surface area contributed by atoms with E-state index in [4.69, 9.17) is 21.7 Å². The first-order chi connectivity index (χ1) is 13.7. The van der Waals surface area contributed by atoms with Crippen molar-refractivity contribution in [1.29, 1.82) is 0 Å². The van der Waals surface area contributed by atoms with E-state index in [1.54, 1.807) is 14.2 Å². The van der Waals surface area contributed by atoms with Gasteiger partial charge in [0.15, 0.2) is 5.11 Å². The van der Waals surface area contributed by atoms with E-state index in [1.807, 2.05) is 36.4 Å². The van der Waals surface area contributed by atoms with Crippen molar-refractivity contribution < 1.29 is 9.47 Å². The molecule has 1 heterocycles. The topological polar surface area (TPSA) is 45.8 Å². The number of hydrogen-bond acceptors (Lipinski definition) is 4. The first-order valence-electron chi connectivity index (χ1n) is 9.76. The fourth-order valence-corrected chi connectivity index (χ4v) is 3.78. The molecule has 2 aromatic rings. The third-order valence-corrected chi connectivity index (χ3v) is 5.36. The van der Waals surface area contributed by atoms with Crippen LogP contribution in [0.15, 0.2) is 48.5 Å². The summed E-state index contributed by atoms with van der Waals surface area (Å²) in [6.07, 6.45) is 3.81. The SMILES string of the molecule is COc1ccc(C(CNC(=S)Nc2cccc(OC)c2)N2CCCCC2)cc1. The molecule has 1 saturated heterocycles. The number of methoxy groups -OCH3 is 2. The van der Waals surface area contributed by atoms with E-state index < -0.39 is 0 Å². The van der Waals surface area contributed by atoms with Crippen molar-refractivity contribution >= 4 is 23.0 Å². The number of nitrogens with zero attached hydrogens (tertiary/aromatic N) is 1. The van der Waals surface area contributed by atoms with Crippen LogP contribution in [0.3, 0.4) is 0 Å². The Balaban J connectivity index is 1.65. The summed E-state index contributed by atoms with van der Waals surface area (Å²) < 4.78 is 10.6. The molecule has 1 atom stereocenters. The number of ether oxygens (including phenoxy) is 2. The number of piperidine rings is 1. The third-order valence-electron chi connectivity index (χ3n) is 5.12. The smallest absolute Gasteiger partial charge is 0.170 e. The molecule has 0 amide bonds. The minimum absolute atomic E-state index is 0.274. The second-order valence-corrected chi connectivity index (χ2v) is 7.36. The number of rotatable bonds is 7. The molecule has 2 aromatic carbocycles. The minimum Gasteiger partial charge on any atom is -0.497 e. The van der Waals surface area contributed by atoms with Crippen LogP contribution in [0, 0.1) is 0 Å². The maximum Gasteiger partial charge on any atom is 0.170 e. The van der Waals surface area contributed by atoms with Gasteiger partial charge in [-0.2, -0.15) is 0 Å². The van der Waals surface area contributed by atoms with Gasteiger partial charge in [-0.05, 0) is 68.0 Å². The lowest BCUT2D eigenvalue weighted by atomic mass is 10.0. The number of anilines is 1. The van der Waals surface area contributed by atoms with Crippen molar-refractivity contribution in [2.45, 2.75) is 25.3 Å². The quantitative estimate of drug-likeness (QED) is 0.680. The van der Waals surface area contributed by atoms with E-state index >= 15 is 0 Å². The summed E-state index contributed by atoms with van der Waals surface area (Å²) >= 11 is 5.52. The Morgan fingerprint density at radius 3 is 2.39 bits per heavy atom. The van der Waals surface area contributed by atoms with Crippen LogP contribution in [0.2, 0.25) is 0 Å². The molecule has 3 rings (SSSR count). The van der Waals surface area contributed by atoms with Gasteiger partial charge in [0.25, 0.3) is 0 Å². The molecule has 0 spiro atoms. The first kappa shape index (κ1) is 20.4. The van der Waals surface area contributed by atoms with E-state index in [2.05, 4.69) is 27.7 Å². The normalized spacial score (nSPS) is 15.5. The van der Waals surface area contributed by atoms with Gasteiger partial charge in [-0.1, -0.05) is 24.6 Å². The van der Waals surface area contributed by atoms with Crippen LogP contribution in [-0.2, 0) is 0 Å². The molecule has 0 saturated carbocycles. The average Bonchev–Trinajstić information content (AvgIpc) is 2.75. The molecule has 0 radical (unpaired) electrons. The third kappa shape index (κ3) is 5.59. The number of thiocarbonyl (C=S) groups is 1. The van der Waals surface area contributed by atoms with E-state index in [1.165, 1.54) is 24.8 Å². The van der Waals surface area contributed by atoms with Crippen molar-refractivity contribution in [3.8, 4) is 11.5 Å². The lowest BCUT2D eigenvalue weighted by molar-refractivity contribution is 0.164. The summed E-state index contributed by atoms with van der Waals surface area (Å²) in [5, 5.41) is 7.26. The molecule has 1 aliphatic heterocycles. The van der Waals surface area contributed by atoms with E-state index in [-0.39, 0.29) is 6.04 Å². The van der Waals surface area contributed by atoms with Crippen molar-refractivity contribution in [1.82, 2.24) is 10.2 Å². The summed E-state index contributed by atoms with van der Waals surface area (Å²) in [6.45, 7) is 2.99. The highest BCUT2D eigenvalue weighted by Crippen LogP contribution is 2.26. The largest absolute Gasteiger partial charge is 0.497 e. The van der Waals surface area contributed by atoms with Crippen LogP contribution in [0.25, 0.3) is 0 Å². The van der Waals surface area contributed by atoms with Gasteiger partial charge in [0, 0.05) is 18.3 Å². The molecule has 0 aliphatic carbocycles. The molecule has 28 heavy (non-hydrogen) atoms. The molecule has 2 N–H and O–H groups in total. The van der Waals surface area contributed by atoms with Crippen molar-refractivity contribution in [2.75, 3.05) is 39.2 Å². The average molecular weight is 400 g/mol. The molecule has 1 fully saturated rings. The Labute approximate surface area is 173 Å². The second kappa shape index (κ2) is 10.3. The maximum absolute atomic E-state index is 5.52. The van der Waals surface area contributed by atoms with Gasteiger partial charge in [0.1, 0.15) is 11.5 Å². The lowest BCUT2D eigenvalue weighted by Gasteiger charge is -2.35. The zero-order chi connectivity index (χ0) is 19.8. The number of benzene rings is 2. The minimum atomic E-state index is 0.274. The molecular formula is C22H29N3O2S. The predicted octanol–water partition coefficient (Wildman–Crippen LogP) is 4.22. The van der Waals surface area contributed by atoms with Gasteiger partial charge in [-0.25, -0.2) is 0 Å². The van der Waals surface area contributed by atoms with Crippen LogP contribution < -0.4 is 20.1 Å². The Bertz CT molecular complexity index is 761. The fourth-order valence-electron chi connectivity index (χ4n) is 3.58. The van der Waals surface area contributed by atoms with Gasteiger partial charge in [0.2, 0.25) is 0 Å². The Hall–Kier alpha value is -2.31. The number of hydrogen-bond donors (Lipinski definition) is 2. The van der Waals surface area contributed by atoms with Crippen LogP contribution >= 0.6 is 12.2 Å². The molecule has 5 nitrogen and oxygen atoms in total. The lowest BCUT2D eigenvalue weighted by Crippen LogP contribution is -2.41. The molecule has 150 valence electrons. The highest BCUT2D eigenvalue weighted by molar-refractivity contribution is 7.80. The molecule has 0 bridgehead atoms. The van der Waals surface area contributed by atoms with Crippen LogP contribution in [-0.4, -0.2) is 43.9 Å². The number of nitrogens with one attached hydrogen (secondary N) is 2. The summed E-state index contributed by atoms with van der Waals surface area (Å²) in [5.74, 6) is 1.68. The second-order valence-electron chi connectivity index (χ2n) is 6.95. The summed E-state index contributed by atoms with van der Waals surface area (Å²) in [5.41, 5.74) is 2.19. The maximum atomic E-state index is 5.52. The van der Waals surface area contributed by atoms with Crippen LogP contribution in [0.5, 0.6) is 11.5 Å². The van der Waals surface area contributed by atoms with Crippen molar-refractivity contribution in [3.05, 3.63) is 54.1 Å². The standard InChI is InChI=1S/C22H29N3O2S/c1-26-19-11-9-17(10-12-19)21(25-13-4-3-5-14-25)16-23-22(28)24-18-7-6-8-20(15-18)27-2/h6-12,15,21H,3-5,13-14,16H2,1-2H3,(H2,23,24,28). The van der Waals surface area contributed by atoms with Gasteiger partial charge < -0.3 is 20.1 Å². The summed E-state index contributed by atoms with van der Waals surface area (Å²) in [4.78, 5) is 2.55. The Morgan fingerprint density at radius 2 is 1.71 bits per heavy atom. The monoisotopic (exact) mass is 399 g/mol. The van der Waals surface area contributed by atoms with E-state index in [0.29, 0.717) is 5.11 Å². The van der Waals surface area contributed by atoms with Crippen molar-refractivity contribution in [2.24, 2.45) is 0 Å². The van der Waals surface area contributed by atoms with E-state index in [0.717, 1.165) is 36.8 Å². The zero-order valence-electron chi connectivity index (χ0n) is 16.6. The highest BCUT2D eigenvalue weighted by atomic mass is 32.1. The summed E-state index contributed by atoms with van der Waals surface area (Å²) in [6, 6.07) is 16.4. The van der Waals surface area contributed by atoms with Crippen molar-refractivity contribution in [3.63, 3.8) is 0 Å². The van der Waals surface area contributed by atoms with Gasteiger partial charge in [0.05, 0.1) is 20.3 Å².